The molecule has 0 N–H and O–H groups in total. The molecule has 0 atom stereocenters. The Hall–Kier alpha value is -0.780. The van der Waals surface area contributed by atoms with Crippen molar-refractivity contribution in [3.05, 3.63) is 18.7 Å². The van der Waals surface area contributed by atoms with Crippen molar-refractivity contribution >= 4 is 7.81 Å². The standard InChI is InChI=1S/C11H21N2.F6P/c1-3-5-6-7-8-13-10-9-12(4-2)11-13;1-7(2,3,4,5)6/h9-11H,3-8H2,1-2H3;/q+1;-1. The number of unbranched alkanes of at least 4 members (excludes halogenated alkanes) is 3. The minimum atomic E-state index is -10.7. The van der Waals surface area contributed by atoms with E-state index < -0.39 is 7.81 Å². The van der Waals surface area contributed by atoms with E-state index in [4.69, 9.17) is 0 Å². The van der Waals surface area contributed by atoms with Gasteiger partial charge in [-0.1, -0.05) is 19.8 Å². The number of halogens is 6. The number of aromatic nitrogens is 2. The Kier molecular flexibility index (Phi) is 6.08. The third-order valence-electron chi connectivity index (χ3n) is 2.38. The predicted octanol–water partition coefficient (Wildman–Crippen LogP) is 5.76. The molecule has 1 rings (SSSR count). The molecule has 0 spiro atoms. The zero-order chi connectivity index (χ0) is 15.9. The van der Waals surface area contributed by atoms with Gasteiger partial charge in [-0.15, -0.1) is 0 Å². The van der Waals surface area contributed by atoms with Crippen molar-refractivity contribution in [1.29, 1.82) is 0 Å². The van der Waals surface area contributed by atoms with Gasteiger partial charge in [0, 0.05) is 0 Å². The molecular weight excluding hydrogens is 305 g/mol. The molecule has 0 aliphatic heterocycles. The zero-order valence-corrected chi connectivity index (χ0v) is 12.5. The van der Waals surface area contributed by atoms with Crippen molar-refractivity contribution in [2.24, 2.45) is 0 Å². The van der Waals surface area contributed by atoms with Crippen molar-refractivity contribution < 1.29 is 29.7 Å². The summed E-state index contributed by atoms with van der Waals surface area (Å²) >= 11 is 0. The molecule has 9 heteroatoms. The average Bonchev–Trinajstić information content (AvgIpc) is 2.68. The molecule has 2 nitrogen and oxygen atoms in total. The summed E-state index contributed by atoms with van der Waals surface area (Å²) in [6.45, 7) is 6.66. The van der Waals surface area contributed by atoms with Crippen LogP contribution >= 0.6 is 7.81 Å². The van der Waals surface area contributed by atoms with E-state index in [1.54, 1.807) is 0 Å². The Balaban J connectivity index is 0.000000441. The summed E-state index contributed by atoms with van der Waals surface area (Å²) < 4.78 is 63.7. The number of imidazole rings is 1. The first kappa shape index (κ1) is 19.2. The van der Waals surface area contributed by atoms with E-state index in [2.05, 4.69) is 41.7 Å². The fourth-order valence-electron chi connectivity index (χ4n) is 1.48. The van der Waals surface area contributed by atoms with Crippen molar-refractivity contribution in [3.63, 3.8) is 0 Å². The average molecular weight is 326 g/mol. The molecule has 20 heavy (non-hydrogen) atoms. The third kappa shape index (κ3) is 17.2. The van der Waals surface area contributed by atoms with Crippen LogP contribution in [0.2, 0.25) is 0 Å². The molecule has 0 amide bonds. The normalized spacial score (nSPS) is 15.0. The van der Waals surface area contributed by atoms with E-state index in [-0.39, 0.29) is 0 Å². The summed E-state index contributed by atoms with van der Waals surface area (Å²) in [4.78, 5) is 0. The molecule has 0 saturated carbocycles. The van der Waals surface area contributed by atoms with Crippen LogP contribution in [0.1, 0.15) is 39.5 Å². The van der Waals surface area contributed by atoms with Crippen molar-refractivity contribution in [3.8, 4) is 0 Å². The van der Waals surface area contributed by atoms with E-state index in [1.807, 2.05) is 0 Å². The number of hydrogen-bond donors (Lipinski definition) is 0. The van der Waals surface area contributed by atoms with Crippen LogP contribution < -0.4 is 4.57 Å². The molecule has 0 aromatic carbocycles. The van der Waals surface area contributed by atoms with Crippen LogP contribution in [0.15, 0.2) is 18.7 Å². The predicted molar refractivity (Wildman–Crippen MR) is 68.0 cm³/mol. The Morgan fingerprint density at radius 2 is 1.50 bits per heavy atom. The summed E-state index contributed by atoms with van der Waals surface area (Å²) in [6, 6.07) is 0. The van der Waals surface area contributed by atoms with Gasteiger partial charge >= 0.3 is 33.0 Å². The first-order valence-electron chi connectivity index (χ1n) is 6.43. The number of rotatable bonds is 6. The van der Waals surface area contributed by atoms with Gasteiger partial charge in [0.25, 0.3) is 0 Å². The molecule has 1 heterocycles. The van der Waals surface area contributed by atoms with Gasteiger partial charge in [0.2, 0.25) is 6.33 Å². The number of nitrogens with zero attached hydrogens (tertiary/aromatic N) is 2. The summed E-state index contributed by atoms with van der Waals surface area (Å²) in [7, 11) is -10.7. The molecule has 1 aromatic rings. The second-order valence-corrected chi connectivity index (χ2v) is 6.42. The molecule has 0 aliphatic rings. The van der Waals surface area contributed by atoms with E-state index in [1.165, 1.54) is 32.2 Å². The quantitative estimate of drug-likeness (QED) is 0.272. The maximum absolute atomic E-state index is 10.7. The van der Waals surface area contributed by atoms with Crippen molar-refractivity contribution in [1.82, 2.24) is 4.57 Å². The maximum atomic E-state index is 9.87. The fourth-order valence-corrected chi connectivity index (χ4v) is 1.48. The monoisotopic (exact) mass is 326 g/mol. The van der Waals surface area contributed by atoms with E-state index >= 15 is 0 Å². The molecular formula is C11H21F6N2P. The summed E-state index contributed by atoms with van der Waals surface area (Å²) in [6.07, 6.45) is 11.9. The Morgan fingerprint density at radius 3 is 1.90 bits per heavy atom. The van der Waals surface area contributed by atoms with Crippen LogP contribution in [0.5, 0.6) is 0 Å². The molecule has 0 radical (unpaired) electrons. The Labute approximate surface area is 114 Å². The second-order valence-electron chi connectivity index (χ2n) is 4.50. The summed E-state index contributed by atoms with van der Waals surface area (Å²) in [5, 5.41) is 0. The van der Waals surface area contributed by atoms with E-state index in [0.717, 1.165) is 6.54 Å². The van der Waals surface area contributed by atoms with Crippen molar-refractivity contribution in [2.75, 3.05) is 0 Å². The van der Waals surface area contributed by atoms with Crippen LogP contribution in [0.3, 0.4) is 0 Å². The molecule has 0 bridgehead atoms. The number of hydrogen-bond acceptors (Lipinski definition) is 0. The molecule has 0 unspecified atom stereocenters. The van der Waals surface area contributed by atoms with Crippen LogP contribution in [0.4, 0.5) is 25.2 Å². The fraction of sp³-hybridized carbons (Fsp3) is 0.727. The molecule has 0 saturated heterocycles. The van der Waals surface area contributed by atoms with Crippen LogP contribution in [-0.2, 0) is 13.1 Å². The van der Waals surface area contributed by atoms with Gasteiger partial charge < -0.3 is 0 Å². The minimum absolute atomic E-state index is 1.07. The number of aryl methyl sites for hydroxylation is 2. The molecule has 0 fully saturated rings. The Bertz CT molecular complexity index is 386. The summed E-state index contributed by atoms with van der Waals surface area (Å²) in [5.74, 6) is 0. The zero-order valence-electron chi connectivity index (χ0n) is 11.6. The SMILES string of the molecule is CCCCCCn1cc[n+](CC)c1.F[P-](F)(F)(F)(F)F. The molecule has 0 aliphatic carbocycles. The van der Waals surface area contributed by atoms with Gasteiger partial charge in [0.05, 0.1) is 13.1 Å². The van der Waals surface area contributed by atoms with Crippen LogP contribution in [0.25, 0.3) is 0 Å². The Morgan fingerprint density at radius 1 is 0.950 bits per heavy atom. The first-order chi connectivity index (χ1) is 8.81. The van der Waals surface area contributed by atoms with E-state index in [9.17, 15) is 25.2 Å². The van der Waals surface area contributed by atoms with Gasteiger partial charge in [0.1, 0.15) is 12.4 Å². The second kappa shape index (κ2) is 6.33. The topological polar surface area (TPSA) is 8.81 Å². The van der Waals surface area contributed by atoms with E-state index in [0.29, 0.717) is 0 Å². The van der Waals surface area contributed by atoms with Crippen molar-refractivity contribution in [2.45, 2.75) is 52.6 Å². The van der Waals surface area contributed by atoms with Gasteiger partial charge in [0.15, 0.2) is 0 Å². The van der Waals surface area contributed by atoms with Gasteiger partial charge in [-0.3, -0.25) is 0 Å². The first-order valence-corrected chi connectivity index (χ1v) is 8.46. The van der Waals surface area contributed by atoms with Gasteiger partial charge in [-0.2, -0.15) is 0 Å². The molecule has 1 aromatic heterocycles. The summed E-state index contributed by atoms with van der Waals surface area (Å²) in [5.41, 5.74) is 0. The molecule has 122 valence electrons. The van der Waals surface area contributed by atoms with Gasteiger partial charge in [-0.05, 0) is 19.8 Å². The van der Waals surface area contributed by atoms with Crippen LogP contribution in [0, 0.1) is 0 Å². The third-order valence-corrected chi connectivity index (χ3v) is 2.38. The van der Waals surface area contributed by atoms with Gasteiger partial charge in [-0.25, -0.2) is 9.13 Å². The van der Waals surface area contributed by atoms with Crippen LogP contribution in [-0.4, -0.2) is 4.57 Å².